The van der Waals surface area contributed by atoms with Crippen molar-refractivity contribution in [2.45, 2.75) is 44.6 Å². The molecule has 3 nitrogen and oxygen atoms in total. The Hall–Kier alpha value is -1.03. The summed E-state index contributed by atoms with van der Waals surface area (Å²) in [5.41, 5.74) is 6.97. The largest absolute Gasteiger partial charge is 0.398 e. The second-order valence-corrected chi connectivity index (χ2v) is 6.17. The Balaban J connectivity index is 2.09. The van der Waals surface area contributed by atoms with Gasteiger partial charge >= 0.3 is 0 Å². The molecule has 0 aromatic heterocycles. The van der Waals surface area contributed by atoms with E-state index >= 15 is 0 Å². The highest BCUT2D eigenvalue weighted by Gasteiger charge is 2.28. The number of carbonyl (C=O) groups is 1. The quantitative estimate of drug-likeness (QED) is 0.822. The molecule has 98 valence electrons. The number of rotatable bonds is 2. The van der Waals surface area contributed by atoms with Crippen molar-refractivity contribution in [2.24, 2.45) is 0 Å². The van der Waals surface area contributed by atoms with Gasteiger partial charge < -0.3 is 11.1 Å². The van der Waals surface area contributed by atoms with Crippen LogP contribution in [0.2, 0.25) is 0 Å². The average Bonchev–Trinajstić information content (AvgIpc) is 2.33. The number of anilines is 1. The summed E-state index contributed by atoms with van der Waals surface area (Å²) in [5, 5.41) is 3.16. The summed E-state index contributed by atoms with van der Waals surface area (Å²) in [6, 6.07) is 5.29. The third kappa shape index (κ3) is 3.05. The summed E-state index contributed by atoms with van der Waals surface area (Å²) < 4.78 is 0.768. The van der Waals surface area contributed by atoms with Crippen LogP contribution in [-0.4, -0.2) is 11.4 Å². The van der Waals surface area contributed by atoms with E-state index < -0.39 is 0 Å². The van der Waals surface area contributed by atoms with E-state index in [1.807, 2.05) is 0 Å². The topological polar surface area (TPSA) is 55.1 Å². The summed E-state index contributed by atoms with van der Waals surface area (Å²) >= 11 is 3.35. The van der Waals surface area contributed by atoms with Gasteiger partial charge in [0.05, 0.1) is 0 Å². The monoisotopic (exact) mass is 310 g/mol. The molecule has 0 saturated heterocycles. The molecule has 0 spiro atoms. The van der Waals surface area contributed by atoms with Crippen molar-refractivity contribution in [2.75, 3.05) is 5.73 Å². The van der Waals surface area contributed by atoms with Crippen molar-refractivity contribution in [3.8, 4) is 0 Å². The van der Waals surface area contributed by atoms with Crippen molar-refractivity contribution in [3.05, 3.63) is 28.2 Å². The Morgan fingerprint density at radius 3 is 2.61 bits per heavy atom. The lowest BCUT2D eigenvalue weighted by atomic mass is 9.83. The molecule has 1 aromatic carbocycles. The highest BCUT2D eigenvalue weighted by Crippen LogP contribution is 2.28. The normalized spacial score (nSPS) is 18.3. The van der Waals surface area contributed by atoms with Gasteiger partial charge in [-0.15, -0.1) is 0 Å². The lowest BCUT2D eigenvalue weighted by Gasteiger charge is -2.34. The number of hydrogen-bond donors (Lipinski definition) is 2. The highest BCUT2D eigenvalue weighted by molar-refractivity contribution is 9.10. The van der Waals surface area contributed by atoms with Crippen LogP contribution in [0.15, 0.2) is 22.7 Å². The molecule has 1 fully saturated rings. The van der Waals surface area contributed by atoms with Crippen LogP contribution in [0.1, 0.15) is 49.4 Å². The fourth-order valence-corrected chi connectivity index (χ4v) is 2.85. The van der Waals surface area contributed by atoms with Gasteiger partial charge in [-0.1, -0.05) is 19.3 Å². The first-order chi connectivity index (χ1) is 8.50. The molecule has 0 aliphatic heterocycles. The predicted molar refractivity (Wildman–Crippen MR) is 77.5 cm³/mol. The van der Waals surface area contributed by atoms with Crippen LogP contribution in [0.5, 0.6) is 0 Å². The van der Waals surface area contributed by atoms with E-state index in [2.05, 4.69) is 28.2 Å². The van der Waals surface area contributed by atoms with Gasteiger partial charge in [0.2, 0.25) is 0 Å². The van der Waals surface area contributed by atoms with E-state index in [-0.39, 0.29) is 11.4 Å². The van der Waals surface area contributed by atoms with E-state index in [0.717, 1.165) is 17.3 Å². The minimum atomic E-state index is -0.0524. The summed E-state index contributed by atoms with van der Waals surface area (Å²) in [4.78, 5) is 12.2. The number of amides is 1. The number of hydrogen-bond acceptors (Lipinski definition) is 2. The molecule has 1 saturated carbocycles. The molecule has 1 aliphatic rings. The van der Waals surface area contributed by atoms with Gasteiger partial charge in [-0.3, -0.25) is 4.79 Å². The van der Waals surface area contributed by atoms with Crippen LogP contribution >= 0.6 is 15.9 Å². The number of benzene rings is 1. The highest BCUT2D eigenvalue weighted by atomic mass is 79.9. The van der Waals surface area contributed by atoms with Crippen molar-refractivity contribution in [1.29, 1.82) is 0 Å². The Morgan fingerprint density at radius 1 is 1.33 bits per heavy atom. The molecular formula is C14H19BrN2O. The van der Waals surface area contributed by atoms with Crippen LogP contribution in [0, 0.1) is 0 Å². The number of carbonyl (C=O) groups excluding carboxylic acids is 1. The summed E-state index contributed by atoms with van der Waals surface area (Å²) in [7, 11) is 0. The van der Waals surface area contributed by atoms with E-state index in [0.29, 0.717) is 11.3 Å². The number of nitrogen functional groups attached to an aromatic ring is 1. The van der Waals surface area contributed by atoms with E-state index in [4.69, 9.17) is 5.73 Å². The first-order valence-electron chi connectivity index (χ1n) is 6.38. The third-order valence-electron chi connectivity index (χ3n) is 3.64. The van der Waals surface area contributed by atoms with Crippen molar-refractivity contribution >= 4 is 27.5 Å². The molecule has 18 heavy (non-hydrogen) atoms. The standard InChI is InChI=1S/C14H19BrN2O/c1-14(7-3-2-4-8-14)17-13(18)10-5-6-12(16)11(15)9-10/h5-6,9H,2-4,7-8,16H2,1H3,(H,17,18). The zero-order valence-corrected chi connectivity index (χ0v) is 12.2. The first kappa shape index (κ1) is 13.4. The maximum atomic E-state index is 12.2. The maximum Gasteiger partial charge on any atom is 0.251 e. The van der Waals surface area contributed by atoms with Gasteiger partial charge in [0.1, 0.15) is 0 Å². The molecule has 1 aromatic rings. The first-order valence-corrected chi connectivity index (χ1v) is 7.17. The Morgan fingerprint density at radius 2 is 2.00 bits per heavy atom. The minimum Gasteiger partial charge on any atom is -0.398 e. The third-order valence-corrected chi connectivity index (χ3v) is 4.32. The van der Waals surface area contributed by atoms with Crippen LogP contribution in [-0.2, 0) is 0 Å². The molecule has 0 radical (unpaired) electrons. The van der Waals surface area contributed by atoms with Crippen molar-refractivity contribution in [3.63, 3.8) is 0 Å². The van der Waals surface area contributed by atoms with Crippen LogP contribution in [0.3, 0.4) is 0 Å². The van der Waals surface area contributed by atoms with E-state index in [1.165, 1.54) is 19.3 Å². The maximum absolute atomic E-state index is 12.2. The zero-order valence-electron chi connectivity index (χ0n) is 10.6. The molecule has 0 atom stereocenters. The Labute approximate surface area is 116 Å². The molecule has 0 bridgehead atoms. The summed E-state index contributed by atoms with van der Waals surface area (Å²) in [6.45, 7) is 2.14. The molecule has 1 amide bonds. The average molecular weight is 311 g/mol. The number of halogens is 1. The van der Waals surface area contributed by atoms with Gasteiger partial charge in [0.15, 0.2) is 0 Å². The number of nitrogens with one attached hydrogen (secondary N) is 1. The second kappa shape index (κ2) is 5.31. The Bertz CT molecular complexity index is 453. The molecule has 0 heterocycles. The number of nitrogens with two attached hydrogens (primary N) is 1. The SMILES string of the molecule is CC1(NC(=O)c2ccc(N)c(Br)c2)CCCCC1. The van der Waals surface area contributed by atoms with E-state index in [1.54, 1.807) is 18.2 Å². The Kier molecular flexibility index (Phi) is 3.95. The van der Waals surface area contributed by atoms with Crippen molar-refractivity contribution in [1.82, 2.24) is 5.32 Å². The molecule has 1 aliphatic carbocycles. The molecule has 0 unspecified atom stereocenters. The molecule has 3 N–H and O–H groups in total. The lowest BCUT2D eigenvalue weighted by molar-refractivity contribution is 0.0882. The van der Waals surface area contributed by atoms with E-state index in [9.17, 15) is 4.79 Å². The molecular weight excluding hydrogens is 292 g/mol. The van der Waals surface area contributed by atoms with Gasteiger partial charge in [0.25, 0.3) is 5.91 Å². The minimum absolute atomic E-state index is 0.0138. The van der Waals surface area contributed by atoms with Gasteiger partial charge in [-0.25, -0.2) is 0 Å². The van der Waals surface area contributed by atoms with Gasteiger partial charge in [-0.05, 0) is 53.9 Å². The fourth-order valence-electron chi connectivity index (χ4n) is 2.47. The lowest BCUT2D eigenvalue weighted by Crippen LogP contribution is -2.47. The second-order valence-electron chi connectivity index (χ2n) is 5.31. The molecule has 2 rings (SSSR count). The zero-order chi connectivity index (χ0) is 13.2. The van der Waals surface area contributed by atoms with Crippen molar-refractivity contribution < 1.29 is 4.79 Å². The van der Waals surface area contributed by atoms with Crippen LogP contribution in [0.4, 0.5) is 5.69 Å². The van der Waals surface area contributed by atoms with Gasteiger partial charge in [-0.2, -0.15) is 0 Å². The van der Waals surface area contributed by atoms with Crippen LogP contribution < -0.4 is 11.1 Å². The summed E-state index contributed by atoms with van der Waals surface area (Å²) in [6.07, 6.45) is 5.80. The summed E-state index contributed by atoms with van der Waals surface area (Å²) in [5.74, 6) is -0.0138. The van der Waals surface area contributed by atoms with Gasteiger partial charge in [0, 0.05) is 21.3 Å². The fraction of sp³-hybridized carbons (Fsp3) is 0.500. The predicted octanol–water partition coefficient (Wildman–Crippen LogP) is 3.48. The smallest absolute Gasteiger partial charge is 0.251 e. The van der Waals surface area contributed by atoms with Crippen LogP contribution in [0.25, 0.3) is 0 Å². The molecule has 4 heteroatoms.